The molecule has 19 heavy (non-hydrogen) atoms. The Morgan fingerprint density at radius 2 is 1.37 bits per heavy atom. The first kappa shape index (κ1) is 13.0. The van der Waals surface area contributed by atoms with Crippen molar-refractivity contribution in [1.29, 1.82) is 0 Å². The molecule has 0 aliphatic carbocycles. The quantitative estimate of drug-likeness (QED) is 0.295. The minimum absolute atomic E-state index is 0.0435. The summed E-state index contributed by atoms with van der Waals surface area (Å²) in [7, 11) is 0. The molecule has 3 nitrogen and oxygen atoms in total. The van der Waals surface area contributed by atoms with Crippen molar-refractivity contribution >= 4 is 72.4 Å². The number of hydrogen-bond donors (Lipinski definition) is 1. The van der Waals surface area contributed by atoms with Crippen molar-refractivity contribution in [2.75, 3.05) is 0 Å². The predicted molar refractivity (Wildman–Crippen MR) is 94.0 cm³/mol. The molecule has 0 amide bonds. The zero-order valence-corrected chi connectivity index (χ0v) is 13.8. The van der Waals surface area contributed by atoms with Crippen molar-refractivity contribution in [3.63, 3.8) is 0 Å². The van der Waals surface area contributed by atoms with Crippen molar-refractivity contribution in [3.05, 3.63) is 48.4 Å². The van der Waals surface area contributed by atoms with E-state index in [1.165, 1.54) is 0 Å². The lowest BCUT2D eigenvalue weighted by molar-refractivity contribution is 0.483. The lowest BCUT2D eigenvalue weighted by Gasteiger charge is -2.09. The molecular weight excluding hydrogens is 468 g/mol. The molecule has 0 aromatic heterocycles. The van der Waals surface area contributed by atoms with Crippen LogP contribution in [0.2, 0.25) is 0 Å². The Kier molecular flexibility index (Phi) is 3.34. The number of benzene rings is 3. The van der Waals surface area contributed by atoms with Crippen LogP contribution in [-0.4, -0.2) is 5.11 Å². The van der Waals surface area contributed by atoms with Gasteiger partial charge in [0.15, 0.2) is 11.4 Å². The Morgan fingerprint density at radius 1 is 0.842 bits per heavy atom. The summed E-state index contributed by atoms with van der Waals surface area (Å²) in [6.07, 6.45) is 0. The molecule has 0 spiro atoms. The summed E-state index contributed by atoms with van der Waals surface area (Å²) in [4.78, 5) is 11.1. The van der Waals surface area contributed by atoms with Gasteiger partial charge in [-0.1, -0.05) is 12.1 Å². The van der Waals surface area contributed by atoms with Crippen molar-refractivity contribution < 1.29 is 5.11 Å². The second-order valence-corrected chi connectivity index (χ2v) is 6.66. The molecule has 0 saturated carbocycles. The fourth-order valence-electron chi connectivity index (χ4n) is 2.24. The minimum atomic E-state index is -0.0435. The molecule has 0 unspecified atom stereocenters. The molecule has 0 aliphatic heterocycles. The third-order valence-electron chi connectivity index (χ3n) is 3.08. The average molecular weight is 475 g/mol. The number of phenolic OH excluding ortho intramolecular Hbond substituents is 1. The molecule has 0 bridgehead atoms. The van der Waals surface area contributed by atoms with Gasteiger partial charge in [-0.05, 0) is 85.4 Å². The summed E-state index contributed by atoms with van der Waals surface area (Å²) >= 11 is 4.35. The van der Waals surface area contributed by atoms with Gasteiger partial charge in [-0.25, -0.2) is 0 Å². The SMILES string of the molecule is O=Nc1c(O)c2cc(I)ccc2c2ccc(I)cc12. The lowest BCUT2D eigenvalue weighted by Crippen LogP contribution is -1.83. The van der Waals surface area contributed by atoms with Gasteiger partial charge in [-0.2, -0.15) is 0 Å². The van der Waals surface area contributed by atoms with Crippen LogP contribution < -0.4 is 0 Å². The van der Waals surface area contributed by atoms with E-state index < -0.39 is 0 Å². The molecule has 0 fully saturated rings. The smallest absolute Gasteiger partial charge is 0.158 e. The molecule has 0 aliphatic rings. The minimum Gasteiger partial charge on any atom is -0.505 e. The van der Waals surface area contributed by atoms with Gasteiger partial charge in [0.25, 0.3) is 0 Å². The summed E-state index contributed by atoms with van der Waals surface area (Å²) in [5, 5.41) is 16.5. The monoisotopic (exact) mass is 475 g/mol. The Balaban J connectivity index is 2.64. The first-order chi connectivity index (χ1) is 9.11. The first-order valence-corrected chi connectivity index (χ1v) is 7.64. The van der Waals surface area contributed by atoms with E-state index in [-0.39, 0.29) is 11.4 Å². The molecule has 5 heteroatoms. The number of hydrogen-bond acceptors (Lipinski definition) is 3. The van der Waals surface area contributed by atoms with E-state index >= 15 is 0 Å². The van der Waals surface area contributed by atoms with Crippen molar-refractivity contribution in [3.8, 4) is 5.75 Å². The second kappa shape index (κ2) is 4.86. The van der Waals surface area contributed by atoms with E-state index in [0.29, 0.717) is 10.8 Å². The molecule has 0 heterocycles. The van der Waals surface area contributed by atoms with Crippen molar-refractivity contribution in [2.45, 2.75) is 0 Å². The number of nitroso groups, excluding NO2 is 1. The lowest BCUT2D eigenvalue weighted by atomic mass is 9.99. The van der Waals surface area contributed by atoms with Crippen LogP contribution in [0.1, 0.15) is 0 Å². The Morgan fingerprint density at radius 3 is 1.95 bits per heavy atom. The molecule has 0 saturated heterocycles. The fraction of sp³-hybridized carbons (Fsp3) is 0. The van der Waals surface area contributed by atoms with Crippen molar-refractivity contribution in [1.82, 2.24) is 0 Å². The van der Waals surface area contributed by atoms with Crippen LogP contribution in [0.5, 0.6) is 5.75 Å². The third kappa shape index (κ3) is 2.08. The molecule has 94 valence electrons. The summed E-state index contributed by atoms with van der Waals surface area (Å²) in [5.74, 6) is -0.0435. The molecular formula is C14H7I2NO2. The molecule has 3 aromatic rings. The third-order valence-corrected chi connectivity index (χ3v) is 4.42. The Labute approximate surface area is 136 Å². The van der Waals surface area contributed by atoms with E-state index in [4.69, 9.17) is 0 Å². The summed E-state index contributed by atoms with van der Waals surface area (Å²) in [6, 6.07) is 11.6. The van der Waals surface area contributed by atoms with Crippen molar-refractivity contribution in [2.24, 2.45) is 5.18 Å². The van der Waals surface area contributed by atoms with Crippen LogP contribution in [0.4, 0.5) is 5.69 Å². The van der Waals surface area contributed by atoms with Gasteiger partial charge in [0.2, 0.25) is 0 Å². The predicted octanol–water partition coefficient (Wildman–Crippen LogP) is 5.31. The average Bonchev–Trinajstić information content (AvgIpc) is 2.39. The van der Waals surface area contributed by atoms with Crippen LogP contribution in [0, 0.1) is 12.0 Å². The molecule has 3 rings (SSSR count). The van der Waals surface area contributed by atoms with Gasteiger partial charge >= 0.3 is 0 Å². The highest BCUT2D eigenvalue weighted by atomic mass is 127. The first-order valence-electron chi connectivity index (χ1n) is 5.48. The summed E-state index contributed by atoms with van der Waals surface area (Å²) in [6.45, 7) is 0. The van der Waals surface area contributed by atoms with E-state index in [9.17, 15) is 10.0 Å². The number of rotatable bonds is 1. The molecule has 0 atom stereocenters. The fourth-order valence-corrected chi connectivity index (χ4v) is 3.22. The normalized spacial score (nSPS) is 11.1. The number of phenols is 1. The zero-order chi connectivity index (χ0) is 13.6. The summed E-state index contributed by atoms with van der Waals surface area (Å²) in [5.41, 5.74) is 0.114. The van der Waals surface area contributed by atoms with Crippen LogP contribution in [-0.2, 0) is 0 Å². The second-order valence-electron chi connectivity index (χ2n) is 4.17. The highest BCUT2D eigenvalue weighted by Gasteiger charge is 2.14. The topological polar surface area (TPSA) is 49.7 Å². The maximum Gasteiger partial charge on any atom is 0.158 e. The van der Waals surface area contributed by atoms with Gasteiger partial charge in [-0.15, -0.1) is 4.91 Å². The van der Waals surface area contributed by atoms with Gasteiger partial charge < -0.3 is 5.11 Å². The van der Waals surface area contributed by atoms with Crippen LogP contribution in [0.25, 0.3) is 21.5 Å². The van der Waals surface area contributed by atoms with Crippen LogP contribution in [0.15, 0.2) is 41.6 Å². The zero-order valence-electron chi connectivity index (χ0n) is 9.52. The largest absolute Gasteiger partial charge is 0.505 e. The highest BCUT2D eigenvalue weighted by Crippen LogP contribution is 2.43. The number of fused-ring (bicyclic) bond motifs is 3. The highest BCUT2D eigenvalue weighted by molar-refractivity contribution is 14.1. The van der Waals surface area contributed by atoms with Gasteiger partial charge in [0, 0.05) is 17.9 Å². The van der Waals surface area contributed by atoms with E-state index in [1.807, 2.05) is 36.4 Å². The maximum absolute atomic E-state index is 11.1. The molecule has 0 radical (unpaired) electrons. The van der Waals surface area contributed by atoms with Crippen LogP contribution >= 0.6 is 45.2 Å². The van der Waals surface area contributed by atoms with Gasteiger partial charge in [0.05, 0.1) is 0 Å². The maximum atomic E-state index is 11.1. The number of nitrogens with zero attached hydrogens (tertiary/aromatic N) is 1. The molecule has 3 aromatic carbocycles. The standard InChI is InChI=1S/C14H7I2NO2/c15-7-1-3-9-10-4-2-8(16)6-12(10)14(18)13(17-19)11(9)5-7/h1-6,18H. The van der Waals surface area contributed by atoms with Gasteiger partial charge in [0.1, 0.15) is 0 Å². The summed E-state index contributed by atoms with van der Waals surface area (Å²) < 4.78 is 2.00. The number of aromatic hydroxyl groups is 1. The Hall–Kier alpha value is -0.960. The van der Waals surface area contributed by atoms with E-state index in [0.717, 1.165) is 17.9 Å². The van der Waals surface area contributed by atoms with E-state index in [2.05, 4.69) is 50.4 Å². The Bertz CT molecular complexity index is 831. The van der Waals surface area contributed by atoms with Crippen LogP contribution in [0.3, 0.4) is 0 Å². The molecule has 1 N–H and O–H groups in total. The number of halogens is 2. The van der Waals surface area contributed by atoms with Gasteiger partial charge in [-0.3, -0.25) is 0 Å². The van der Waals surface area contributed by atoms with E-state index in [1.54, 1.807) is 0 Å².